The molecule has 1 rings (SSSR count). The van der Waals surface area contributed by atoms with Crippen molar-refractivity contribution in [2.45, 2.75) is 32.6 Å². The van der Waals surface area contributed by atoms with Gasteiger partial charge in [-0.3, -0.25) is 14.4 Å². The zero-order chi connectivity index (χ0) is 15.7. The first-order valence-electron chi connectivity index (χ1n) is 6.88. The zero-order valence-corrected chi connectivity index (χ0v) is 12.0. The number of aliphatic carboxylic acids is 1. The third-order valence-corrected chi connectivity index (χ3v) is 2.74. The summed E-state index contributed by atoms with van der Waals surface area (Å²) < 4.78 is 0. The Balaban J connectivity index is 2.37. The number of carbonyl (C=O) groups is 3. The maximum atomic E-state index is 11.7. The minimum atomic E-state index is -0.898. The molecule has 2 amide bonds. The van der Waals surface area contributed by atoms with Gasteiger partial charge >= 0.3 is 5.97 Å². The van der Waals surface area contributed by atoms with Gasteiger partial charge in [0.25, 0.3) is 0 Å². The van der Waals surface area contributed by atoms with Crippen LogP contribution in [0, 0.1) is 0 Å². The first-order valence-corrected chi connectivity index (χ1v) is 6.88. The highest BCUT2D eigenvalue weighted by atomic mass is 16.4. The van der Waals surface area contributed by atoms with Crippen LogP contribution in [0.15, 0.2) is 24.3 Å². The van der Waals surface area contributed by atoms with E-state index in [0.717, 1.165) is 6.42 Å². The van der Waals surface area contributed by atoms with Gasteiger partial charge in [0.2, 0.25) is 11.8 Å². The fourth-order valence-corrected chi connectivity index (χ4v) is 1.68. The van der Waals surface area contributed by atoms with Crippen LogP contribution >= 0.6 is 0 Å². The summed E-state index contributed by atoms with van der Waals surface area (Å²) in [5.41, 5.74) is 1.25. The quantitative estimate of drug-likeness (QED) is 0.677. The lowest BCUT2D eigenvalue weighted by atomic mass is 10.1. The van der Waals surface area contributed by atoms with Crippen molar-refractivity contribution in [2.24, 2.45) is 0 Å². The molecule has 0 spiro atoms. The minimum Gasteiger partial charge on any atom is -0.481 e. The normalized spacial score (nSPS) is 9.95. The van der Waals surface area contributed by atoms with E-state index in [0.29, 0.717) is 17.8 Å². The van der Waals surface area contributed by atoms with E-state index in [2.05, 4.69) is 10.6 Å². The second-order valence-electron chi connectivity index (χ2n) is 4.67. The van der Waals surface area contributed by atoms with Gasteiger partial charge in [-0.05, 0) is 24.1 Å². The van der Waals surface area contributed by atoms with E-state index in [1.54, 1.807) is 24.3 Å². The van der Waals surface area contributed by atoms with Crippen molar-refractivity contribution in [1.82, 2.24) is 5.32 Å². The number of carboxylic acid groups (broad SMARTS) is 1. The summed E-state index contributed by atoms with van der Waals surface area (Å²) in [7, 11) is 0. The van der Waals surface area contributed by atoms with Crippen molar-refractivity contribution in [3.8, 4) is 0 Å². The molecule has 0 aromatic heterocycles. The monoisotopic (exact) mass is 292 g/mol. The topological polar surface area (TPSA) is 95.5 Å². The van der Waals surface area contributed by atoms with Crippen LogP contribution in [0.25, 0.3) is 0 Å². The molecule has 6 heteroatoms. The molecule has 0 saturated carbocycles. The molecule has 3 N–H and O–H groups in total. The number of hydrogen-bond donors (Lipinski definition) is 3. The van der Waals surface area contributed by atoms with Crippen molar-refractivity contribution in [1.29, 1.82) is 0 Å². The molecule has 0 heterocycles. The van der Waals surface area contributed by atoms with Crippen molar-refractivity contribution in [2.75, 3.05) is 11.9 Å². The number of benzene rings is 1. The molecular weight excluding hydrogens is 272 g/mol. The maximum Gasteiger partial charge on any atom is 0.307 e. The van der Waals surface area contributed by atoms with E-state index < -0.39 is 5.97 Å². The lowest BCUT2D eigenvalue weighted by Crippen LogP contribution is -2.25. The van der Waals surface area contributed by atoms with Crippen LogP contribution in [0.3, 0.4) is 0 Å². The van der Waals surface area contributed by atoms with Gasteiger partial charge in [0.15, 0.2) is 0 Å². The van der Waals surface area contributed by atoms with Crippen molar-refractivity contribution < 1.29 is 19.5 Å². The molecule has 0 unspecified atom stereocenters. The standard InChI is InChI=1S/C15H20N2O4/c1-2-9-16-13(18)7-8-14(19)17-12-5-3-11(4-6-12)10-15(20)21/h3-6H,2,7-10H2,1H3,(H,16,18)(H,17,19)(H,20,21). The largest absolute Gasteiger partial charge is 0.481 e. The van der Waals surface area contributed by atoms with E-state index in [1.165, 1.54) is 0 Å². The van der Waals surface area contributed by atoms with Gasteiger partial charge in [-0.2, -0.15) is 0 Å². The summed E-state index contributed by atoms with van der Waals surface area (Å²) in [6.45, 7) is 2.58. The van der Waals surface area contributed by atoms with Crippen molar-refractivity contribution in [3.63, 3.8) is 0 Å². The van der Waals surface area contributed by atoms with Crippen LogP contribution in [0.1, 0.15) is 31.7 Å². The number of rotatable bonds is 8. The molecule has 0 fully saturated rings. The Morgan fingerprint density at radius 2 is 1.67 bits per heavy atom. The summed E-state index contributed by atoms with van der Waals surface area (Å²) in [4.78, 5) is 33.6. The van der Waals surface area contributed by atoms with Crippen LogP contribution < -0.4 is 10.6 Å². The number of carbonyl (C=O) groups excluding carboxylic acids is 2. The molecule has 1 aromatic carbocycles. The number of carboxylic acids is 1. The van der Waals surface area contributed by atoms with E-state index in [9.17, 15) is 14.4 Å². The number of nitrogens with one attached hydrogen (secondary N) is 2. The molecular formula is C15H20N2O4. The first-order chi connectivity index (χ1) is 10.0. The minimum absolute atomic E-state index is 0.0498. The average Bonchev–Trinajstić information content (AvgIpc) is 2.44. The first kappa shape index (κ1) is 16.7. The van der Waals surface area contributed by atoms with Gasteiger partial charge in [0.05, 0.1) is 6.42 Å². The molecule has 114 valence electrons. The maximum absolute atomic E-state index is 11.7. The molecule has 0 aliphatic heterocycles. The SMILES string of the molecule is CCCNC(=O)CCC(=O)Nc1ccc(CC(=O)O)cc1. The molecule has 0 saturated heterocycles. The van der Waals surface area contributed by atoms with E-state index in [4.69, 9.17) is 5.11 Å². The Labute approximate surface area is 123 Å². The van der Waals surface area contributed by atoms with Gasteiger partial charge in [0, 0.05) is 25.1 Å². The number of anilines is 1. The summed E-state index contributed by atoms with van der Waals surface area (Å²) >= 11 is 0. The summed E-state index contributed by atoms with van der Waals surface area (Å²) in [5.74, 6) is -1.28. The van der Waals surface area contributed by atoms with Crippen molar-refractivity contribution >= 4 is 23.5 Å². The molecule has 0 aliphatic rings. The van der Waals surface area contributed by atoms with Gasteiger partial charge in [-0.15, -0.1) is 0 Å². The van der Waals surface area contributed by atoms with Gasteiger partial charge < -0.3 is 15.7 Å². The second kappa shape index (κ2) is 8.73. The van der Waals surface area contributed by atoms with E-state index in [1.807, 2.05) is 6.92 Å². The molecule has 0 bridgehead atoms. The van der Waals surface area contributed by atoms with E-state index in [-0.39, 0.29) is 31.1 Å². The fourth-order valence-electron chi connectivity index (χ4n) is 1.68. The second-order valence-corrected chi connectivity index (χ2v) is 4.67. The summed E-state index contributed by atoms with van der Waals surface area (Å²) in [6, 6.07) is 6.59. The van der Waals surface area contributed by atoms with Crippen molar-refractivity contribution in [3.05, 3.63) is 29.8 Å². The Morgan fingerprint density at radius 1 is 1.05 bits per heavy atom. The fraction of sp³-hybridized carbons (Fsp3) is 0.400. The number of amides is 2. The molecule has 21 heavy (non-hydrogen) atoms. The molecule has 0 aliphatic carbocycles. The highest BCUT2D eigenvalue weighted by Gasteiger charge is 2.07. The summed E-state index contributed by atoms with van der Waals surface area (Å²) in [6.07, 6.45) is 1.09. The van der Waals surface area contributed by atoms with E-state index >= 15 is 0 Å². The van der Waals surface area contributed by atoms with Crippen LogP contribution in [-0.4, -0.2) is 29.4 Å². The predicted molar refractivity (Wildman–Crippen MR) is 78.9 cm³/mol. The highest BCUT2D eigenvalue weighted by molar-refractivity contribution is 5.93. The lowest BCUT2D eigenvalue weighted by molar-refractivity contribution is -0.136. The Hall–Kier alpha value is -2.37. The van der Waals surface area contributed by atoms with Gasteiger partial charge in [0.1, 0.15) is 0 Å². The van der Waals surface area contributed by atoms with Crippen LogP contribution in [0.2, 0.25) is 0 Å². The predicted octanol–water partition coefficient (Wildman–Crippen LogP) is 1.56. The highest BCUT2D eigenvalue weighted by Crippen LogP contribution is 2.10. The number of hydrogen-bond acceptors (Lipinski definition) is 3. The zero-order valence-electron chi connectivity index (χ0n) is 12.0. The smallest absolute Gasteiger partial charge is 0.307 e. The Kier molecular flexibility index (Phi) is 6.94. The lowest BCUT2D eigenvalue weighted by Gasteiger charge is -2.06. The molecule has 0 radical (unpaired) electrons. The van der Waals surface area contributed by atoms with Crippen LogP contribution in [0.5, 0.6) is 0 Å². The van der Waals surface area contributed by atoms with Gasteiger partial charge in [-0.25, -0.2) is 0 Å². The molecule has 0 atom stereocenters. The average molecular weight is 292 g/mol. The third-order valence-electron chi connectivity index (χ3n) is 2.74. The molecule has 1 aromatic rings. The summed E-state index contributed by atoms with van der Waals surface area (Å²) in [5, 5.41) is 14.0. The third kappa shape index (κ3) is 7.10. The Morgan fingerprint density at radius 3 is 2.24 bits per heavy atom. The van der Waals surface area contributed by atoms with Crippen LogP contribution in [0.4, 0.5) is 5.69 Å². The molecule has 6 nitrogen and oxygen atoms in total. The Bertz CT molecular complexity index is 497. The van der Waals surface area contributed by atoms with Crippen LogP contribution in [-0.2, 0) is 20.8 Å². The van der Waals surface area contributed by atoms with Gasteiger partial charge in [-0.1, -0.05) is 19.1 Å².